The lowest BCUT2D eigenvalue weighted by atomic mass is 10.0. The quantitative estimate of drug-likeness (QED) is 0.311. The van der Waals surface area contributed by atoms with Crippen molar-refractivity contribution in [1.29, 1.82) is 0 Å². The predicted molar refractivity (Wildman–Crippen MR) is 134 cm³/mol. The van der Waals surface area contributed by atoms with Gasteiger partial charge in [0.1, 0.15) is 0 Å². The van der Waals surface area contributed by atoms with Crippen LogP contribution in [0.15, 0.2) is 89.2 Å². The first-order valence-electron chi connectivity index (χ1n) is 11.0. The molecule has 0 bridgehead atoms. The van der Waals surface area contributed by atoms with Gasteiger partial charge in [0.15, 0.2) is 0 Å². The first-order valence-corrected chi connectivity index (χ1v) is 14.0. The minimum absolute atomic E-state index is 0.0415. The molecule has 0 atom stereocenters. The van der Waals surface area contributed by atoms with E-state index in [0.717, 1.165) is 11.6 Å². The van der Waals surface area contributed by atoms with Crippen molar-refractivity contribution in [3.63, 3.8) is 0 Å². The normalized spacial score (nSPS) is 12.3. The van der Waals surface area contributed by atoms with Crippen LogP contribution in [-0.2, 0) is 26.0 Å². The molecule has 2 N–H and O–H groups in total. The molecule has 3 rings (SSSR count). The lowest BCUT2D eigenvalue weighted by molar-refractivity contribution is -0.137. The third kappa shape index (κ3) is 7.20. The van der Waals surface area contributed by atoms with Crippen LogP contribution in [0.1, 0.15) is 27.9 Å². The first kappa shape index (κ1) is 29.8. The van der Waals surface area contributed by atoms with Crippen molar-refractivity contribution in [2.75, 3.05) is 11.3 Å². The molecule has 0 saturated carbocycles. The summed E-state index contributed by atoms with van der Waals surface area (Å²) in [7, 11) is -9.68. The van der Waals surface area contributed by atoms with E-state index in [0.29, 0.717) is 48.4 Å². The van der Waals surface area contributed by atoms with Crippen LogP contribution in [0.5, 0.6) is 0 Å². The third-order valence-electron chi connectivity index (χ3n) is 5.43. The fraction of sp³-hybridized carbons (Fsp3) is 0.160. The van der Waals surface area contributed by atoms with Crippen LogP contribution >= 0.6 is 0 Å². The van der Waals surface area contributed by atoms with Crippen LogP contribution in [0.25, 0.3) is 5.57 Å². The number of amides is 1. The SMILES string of the molecule is C=C(CCNC(=O)c1ccc(C(F)(F)F)cc1NS(=O)(=O)c1ccc(S(=O)(=O)C(F)F)cc1)c1ccccc1. The number of alkyl halides is 5. The van der Waals surface area contributed by atoms with Crippen LogP contribution in [0, 0.1) is 0 Å². The average molecular weight is 589 g/mol. The number of halogens is 5. The third-order valence-corrected chi connectivity index (χ3v) is 8.21. The van der Waals surface area contributed by atoms with E-state index in [9.17, 15) is 43.6 Å². The van der Waals surface area contributed by atoms with E-state index in [1.165, 1.54) is 0 Å². The van der Waals surface area contributed by atoms with Gasteiger partial charge in [0.25, 0.3) is 15.9 Å². The maximum Gasteiger partial charge on any atom is 0.416 e. The molecule has 1 amide bonds. The van der Waals surface area contributed by atoms with E-state index in [1.807, 2.05) is 22.9 Å². The number of sulfonamides is 1. The zero-order chi connectivity index (χ0) is 29.0. The second-order valence-corrected chi connectivity index (χ2v) is 11.7. The Morgan fingerprint density at radius 1 is 0.872 bits per heavy atom. The summed E-state index contributed by atoms with van der Waals surface area (Å²) in [4.78, 5) is 11.3. The molecule has 0 saturated heterocycles. The lowest BCUT2D eigenvalue weighted by Crippen LogP contribution is -2.26. The number of hydrogen-bond donors (Lipinski definition) is 2. The molecule has 14 heteroatoms. The standard InChI is InChI=1S/C25H21F5N2O5S2/c1-16(17-5-3-2-4-6-17)13-14-31-23(33)21-12-7-18(25(28,29)30)15-22(21)32-39(36,37)20-10-8-19(9-11-20)38(34,35)24(26)27/h2-12,15,24,32H,1,13-14H2,(H,31,33). The van der Waals surface area contributed by atoms with E-state index in [1.54, 1.807) is 12.1 Å². The molecule has 0 aromatic heterocycles. The zero-order valence-corrected chi connectivity index (χ0v) is 21.5. The summed E-state index contributed by atoms with van der Waals surface area (Å²) in [5.41, 5.74) is -0.862. The molecule has 7 nitrogen and oxygen atoms in total. The number of sulfone groups is 1. The monoisotopic (exact) mass is 588 g/mol. The summed E-state index contributed by atoms with van der Waals surface area (Å²) < 4.78 is 116. The minimum Gasteiger partial charge on any atom is -0.352 e. The summed E-state index contributed by atoms with van der Waals surface area (Å²) in [6.07, 6.45) is -4.57. The number of nitrogens with one attached hydrogen (secondary N) is 2. The highest BCUT2D eigenvalue weighted by atomic mass is 32.2. The number of benzene rings is 3. The van der Waals surface area contributed by atoms with Crippen LogP contribution in [0.2, 0.25) is 0 Å². The fourth-order valence-electron chi connectivity index (χ4n) is 3.36. The van der Waals surface area contributed by atoms with Gasteiger partial charge < -0.3 is 5.32 Å². The maximum absolute atomic E-state index is 13.3. The fourth-order valence-corrected chi connectivity index (χ4v) is 5.15. The summed E-state index contributed by atoms with van der Waals surface area (Å²) in [5, 5.41) is 2.50. The Morgan fingerprint density at radius 3 is 2.03 bits per heavy atom. The van der Waals surface area contributed by atoms with Crippen molar-refractivity contribution in [1.82, 2.24) is 5.32 Å². The second kappa shape index (κ2) is 11.5. The van der Waals surface area contributed by atoms with Crippen molar-refractivity contribution in [3.05, 3.63) is 96.1 Å². The second-order valence-electron chi connectivity index (χ2n) is 8.12. The van der Waals surface area contributed by atoms with Gasteiger partial charge in [0.2, 0.25) is 9.84 Å². The molecule has 0 fully saturated rings. The molecule has 0 aliphatic heterocycles. The number of anilines is 1. The van der Waals surface area contributed by atoms with Gasteiger partial charge in [-0.15, -0.1) is 0 Å². The summed E-state index contributed by atoms with van der Waals surface area (Å²) in [5.74, 6) is -4.62. The highest BCUT2D eigenvalue weighted by Gasteiger charge is 2.32. The largest absolute Gasteiger partial charge is 0.416 e. The van der Waals surface area contributed by atoms with Crippen molar-refractivity contribution < 1.29 is 43.6 Å². The highest BCUT2D eigenvalue weighted by molar-refractivity contribution is 7.93. The maximum atomic E-state index is 13.3. The van der Waals surface area contributed by atoms with Crippen LogP contribution < -0.4 is 10.0 Å². The van der Waals surface area contributed by atoms with Crippen molar-refractivity contribution in [2.45, 2.75) is 28.1 Å². The average Bonchev–Trinajstić information content (AvgIpc) is 2.88. The Kier molecular flexibility index (Phi) is 8.80. The van der Waals surface area contributed by atoms with E-state index in [-0.39, 0.29) is 6.54 Å². The minimum atomic E-state index is -5.00. The highest BCUT2D eigenvalue weighted by Crippen LogP contribution is 2.33. The zero-order valence-electron chi connectivity index (χ0n) is 19.9. The summed E-state index contributed by atoms with van der Waals surface area (Å²) in [6.45, 7) is 3.96. The van der Waals surface area contributed by atoms with Crippen LogP contribution in [0.3, 0.4) is 0 Å². The van der Waals surface area contributed by atoms with Gasteiger partial charge in [-0.3, -0.25) is 9.52 Å². The number of rotatable bonds is 10. The lowest BCUT2D eigenvalue weighted by Gasteiger charge is -2.16. The molecule has 0 spiro atoms. The molecule has 0 aliphatic rings. The topological polar surface area (TPSA) is 109 Å². The summed E-state index contributed by atoms with van der Waals surface area (Å²) in [6, 6.07) is 13.5. The van der Waals surface area contributed by atoms with Crippen LogP contribution in [-0.4, -0.2) is 35.0 Å². The Bertz CT molecular complexity index is 1570. The first-order chi connectivity index (χ1) is 18.1. The summed E-state index contributed by atoms with van der Waals surface area (Å²) >= 11 is 0. The molecule has 3 aromatic carbocycles. The molecular formula is C25H21F5N2O5S2. The van der Waals surface area contributed by atoms with E-state index in [4.69, 9.17) is 0 Å². The molecule has 0 radical (unpaired) electrons. The Morgan fingerprint density at radius 2 is 1.46 bits per heavy atom. The van der Waals surface area contributed by atoms with Gasteiger partial charge in [-0.2, -0.15) is 22.0 Å². The van der Waals surface area contributed by atoms with E-state index >= 15 is 0 Å². The van der Waals surface area contributed by atoms with Gasteiger partial charge in [-0.1, -0.05) is 36.9 Å². The predicted octanol–water partition coefficient (Wildman–Crippen LogP) is 5.34. The molecule has 0 aliphatic carbocycles. The smallest absolute Gasteiger partial charge is 0.352 e. The molecule has 208 valence electrons. The van der Waals surface area contributed by atoms with Gasteiger partial charge in [0, 0.05) is 6.54 Å². The molecule has 0 unspecified atom stereocenters. The van der Waals surface area contributed by atoms with Crippen LogP contribution in [0.4, 0.5) is 27.6 Å². The molecular weight excluding hydrogens is 567 g/mol. The van der Waals surface area contributed by atoms with Crippen molar-refractivity contribution in [2.24, 2.45) is 0 Å². The van der Waals surface area contributed by atoms with Gasteiger partial charge >= 0.3 is 11.9 Å². The number of hydrogen-bond acceptors (Lipinski definition) is 5. The Balaban J connectivity index is 1.86. The van der Waals surface area contributed by atoms with E-state index in [2.05, 4.69) is 11.9 Å². The van der Waals surface area contributed by atoms with Crippen molar-refractivity contribution in [3.8, 4) is 0 Å². The van der Waals surface area contributed by atoms with Gasteiger partial charge in [-0.05, 0) is 60.0 Å². The van der Waals surface area contributed by atoms with Gasteiger partial charge in [0.05, 0.1) is 26.6 Å². The Hall–Kier alpha value is -3.78. The van der Waals surface area contributed by atoms with Crippen molar-refractivity contribution >= 4 is 37.0 Å². The van der Waals surface area contributed by atoms with Gasteiger partial charge in [-0.25, -0.2) is 16.8 Å². The molecule has 0 heterocycles. The Labute approximate surface area is 221 Å². The number of carbonyl (C=O) groups is 1. The van der Waals surface area contributed by atoms with E-state index < -0.39 is 64.3 Å². The molecule has 39 heavy (non-hydrogen) atoms. The number of carbonyl (C=O) groups excluding carboxylic acids is 1. The molecule has 3 aromatic rings.